The molecule has 0 saturated carbocycles. The molecule has 0 unspecified atom stereocenters. The minimum absolute atomic E-state index is 0. The van der Waals surface area contributed by atoms with Crippen LogP contribution in [0.2, 0.25) is 0 Å². The topological polar surface area (TPSA) is 64.3 Å². The van der Waals surface area contributed by atoms with Gasteiger partial charge in [0, 0.05) is 12.7 Å². The van der Waals surface area contributed by atoms with Gasteiger partial charge in [-0.1, -0.05) is 0 Å². The second-order valence-corrected chi connectivity index (χ2v) is 2.21. The molecule has 13 heavy (non-hydrogen) atoms. The molecule has 0 bridgehead atoms. The van der Waals surface area contributed by atoms with Crippen molar-refractivity contribution >= 4 is 24.2 Å². The number of halogens is 1. The molecule has 0 atom stereocenters. The van der Waals surface area contributed by atoms with Crippen molar-refractivity contribution in [3.8, 4) is 5.75 Å². The van der Waals surface area contributed by atoms with Gasteiger partial charge in [-0.3, -0.25) is 0 Å². The average molecular weight is 203 g/mol. The van der Waals surface area contributed by atoms with Crippen LogP contribution in [0.3, 0.4) is 0 Å². The molecule has 0 radical (unpaired) electrons. The number of nitrogen functional groups attached to an aromatic ring is 1. The lowest BCUT2D eigenvalue weighted by molar-refractivity contribution is 0.203. The zero-order valence-corrected chi connectivity index (χ0v) is 7.93. The van der Waals surface area contributed by atoms with Gasteiger partial charge in [0.05, 0.1) is 0 Å². The highest BCUT2D eigenvalue weighted by molar-refractivity contribution is 5.85. The molecule has 1 aromatic carbocycles. The Morgan fingerprint density at radius 3 is 2.38 bits per heavy atom. The van der Waals surface area contributed by atoms with Crippen molar-refractivity contribution in [1.29, 1.82) is 0 Å². The third-order valence-electron chi connectivity index (χ3n) is 1.29. The number of anilines is 1. The summed E-state index contributed by atoms with van der Waals surface area (Å²) in [5.41, 5.74) is 6.07. The molecule has 1 rings (SSSR count). The van der Waals surface area contributed by atoms with E-state index >= 15 is 0 Å². The van der Waals surface area contributed by atoms with Gasteiger partial charge < -0.3 is 15.8 Å². The molecule has 0 aliphatic heterocycles. The zero-order chi connectivity index (χ0) is 8.97. The van der Waals surface area contributed by atoms with E-state index in [1.165, 1.54) is 7.05 Å². The Labute approximate surface area is 82.5 Å². The van der Waals surface area contributed by atoms with Crippen molar-refractivity contribution < 1.29 is 9.53 Å². The Balaban J connectivity index is 0.00000144. The molecule has 0 spiro atoms. The molecule has 4 nitrogen and oxygen atoms in total. The van der Waals surface area contributed by atoms with Crippen LogP contribution < -0.4 is 15.8 Å². The maximum atomic E-state index is 10.7. The number of carbonyl (C=O) groups is 1. The Hall–Kier alpha value is -1.42. The van der Waals surface area contributed by atoms with E-state index in [0.29, 0.717) is 11.4 Å². The first kappa shape index (κ1) is 11.6. The molecule has 0 aromatic heterocycles. The SMILES string of the molecule is CNC(=O)Oc1ccc(N)cc1.Cl. The maximum Gasteiger partial charge on any atom is 0.412 e. The van der Waals surface area contributed by atoms with Crippen LogP contribution in [0, 0.1) is 0 Å². The van der Waals surface area contributed by atoms with E-state index in [4.69, 9.17) is 10.5 Å². The minimum atomic E-state index is -0.486. The van der Waals surface area contributed by atoms with Crippen LogP contribution in [0.4, 0.5) is 10.5 Å². The second-order valence-electron chi connectivity index (χ2n) is 2.21. The molecular formula is C8H11ClN2O2. The third-order valence-corrected chi connectivity index (χ3v) is 1.29. The van der Waals surface area contributed by atoms with Crippen LogP contribution >= 0.6 is 12.4 Å². The van der Waals surface area contributed by atoms with Crippen LogP contribution in [0.5, 0.6) is 5.75 Å². The fraction of sp³-hybridized carbons (Fsp3) is 0.125. The molecule has 1 amide bonds. The van der Waals surface area contributed by atoms with Gasteiger partial charge in [0.15, 0.2) is 0 Å². The van der Waals surface area contributed by atoms with E-state index in [0.717, 1.165) is 0 Å². The number of amides is 1. The maximum absolute atomic E-state index is 10.7. The van der Waals surface area contributed by atoms with Crippen LogP contribution in [0.25, 0.3) is 0 Å². The highest BCUT2D eigenvalue weighted by Gasteiger charge is 1.98. The summed E-state index contributed by atoms with van der Waals surface area (Å²) in [7, 11) is 1.50. The van der Waals surface area contributed by atoms with Crippen LogP contribution in [-0.2, 0) is 0 Å². The molecule has 1 aromatic rings. The van der Waals surface area contributed by atoms with Gasteiger partial charge in [-0.2, -0.15) is 0 Å². The fourth-order valence-corrected chi connectivity index (χ4v) is 0.694. The Kier molecular flexibility index (Phi) is 4.69. The fourth-order valence-electron chi connectivity index (χ4n) is 0.694. The first-order chi connectivity index (χ1) is 5.72. The zero-order valence-electron chi connectivity index (χ0n) is 7.11. The summed E-state index contributed by atoms with van der Waals surface area (Å²) in [6.45, 7) is 0. The van der Waals surface area contributed by atoms with E-state index in [1.54, 1.807) is 24.3 Å². The normalized spacial score (nSPS) is 8.38. The van der Waals surface area contributed by atoms with E-state index < -0.39 is 6.09 Å². The molecule has 5 heteroatoms. The number of hydrogen-bond acceptors (Lipinski definition) is 3. The minimum Gasteiger partial charge on any atom is -0.410 e. The number of rotatable bonds is 1. The van der Waals surface area contributed by atoms with Gasteiger partial charge in [0.25, 0.3) is 0 Å². The van der Waals surface area contributed by atoms with Gasteiger partial charge >= 0.3 is 6.09 Å². The van der Waals surface area contributed by atoms with Crippen molar-refractivity contribution in [3.63, 3.8) is 0 Å². The van der Waals surface area contributed by atoms with E-state index in [1.807, 2.05) is 0 Å². The van der Waals surface area contributed by atoms with Gasteiger partial charge in [-0.25, -0.2) is 4.79 Å². The Morgan fingerprint density at radius 2 is 1.92 bits per heavy atom. The molecule has 0 saturated heterocycles. The van der Waals surface area contributed by atoms with Crippen molar-refractivity contribution in [2.24, 2.45) is 0 Å². The summed E-state index contributed by atoms with van der Waals surface area (Å²) in [5.74, 6) is 0.476. The van der Waals surface area contributed by atoms with Crippen LogP contribution in [0.1, 0.15) is 0 Å². The van der Waals surface area contributed by atoms with Crippen molar-refractivity contribution in [1.82, 2.24) is 5.32 Å². The highest BCUT2D eigenvalue weighted by Crippen LogP contribution is 2.12. The van der Waals surface area contributed by atoms with Gasteiger partial charge in [-0.15, -0.1) is 12.4 Å². The van der Waals surface area contributed by atoms with Crippen LogP contribution in [0.15, 0.2) is 24.3 Å². The Bertz CT molecular complexity index is 274. The van der Waals surface area contributed by atoms with Crippen molar-refractivity contribution in [3.05, 3.63) is 24.3 Å². The molecule has 3 N–H and O–H groups in total. The lowest BCUT2D eigenvalue weighted by Crippen LogP contribution is -2.21. The largest absolute Gasteiger partial charge is 0.412 e. The quantitative estimate of drug-likeness (QED) is 0.677. The number of hydrogen-bond donors (Lipinski definition) is 2. The highest BCUT2D eigenvalue weighted by atomic mass is 35.5. The van der Waals surface area contributed by atoms with Gasteiger partial charge in [-0.05, 0) is 24.3 Å². The van der Waals surface area contributed by atoms with E-state index in [-0.39, 0.29) is 12.4 Å². The molecule has 0 aliphatic rings. The number of nitrogens with two attached hydrogens (primary N) is 1. The lowest BCUT2D eigenvalue weighted by Gasteiger charge is -2.02. The lowest BCUT2D eigenvalue weighted by atomic mass is 10.3. The standard InChI is InChI=1S/C8H10N2O2.ClH/c1-10-8(11)12-7-4-2-6(9)3-5-7;/h2-5H,9H2,1H3,(H,10,11);1H. The molecule has 0 aliphatic carbocycles. The summed E-state index contributed by atoms with van der Waals surface area (Å²) in [4.78, 5) is 10.7. The molecule has 0 fully saturated rings. The predicted molar refractivity (Wildman–Crippen MR) is 53.2 cm³/mol. The number of carbonyl (C=O) groups excluding carboxylic acids is 1. The smallest absolute Gasteiger partial charge is 0.410 e. The number of ether oxygens (including phenoxy) is 1. The molecule has 0 heterocycles. The van der Waals surface area contributed by atoms with Crippen LogP contribution in [-0.4, -0.2) is 13.1 Å². The summed E-state index contributed by atoms with van der Waals surface area (Å²) in [6, 6.07) is 6.59. The van der Waals surface area contributed by atoms with Crippen molar-refractivity contribution in [2.45, 2.75) is 0 Å². The number of nitrogens with one attached hydrogen (secondary N) is 1. The molecule has 72 valence electrons. The van der Waals surface area contributed by atoms with Gasteiger partial charge in [0.2, 0.25) is 0 Å². The third kappa shape index (κ3) is 3.66. The summed E-state index contributed by atoms with van der Waals surface area (Å²) < 4.78 is 4.81. The average Bonchev–Trinajstić information content (AvgIpc) is 2.09. The first-order valence-electron chi connectivity index (χ1n) is 3.47. The van der Waals surface area contributed by atoms with E-state index in [2.05, 4.69) is 5.32 Å². The summed E-state index contributed by atoms with van der Waals surface area (Å²) >= 11 is 0. The number of benzene rings is 1. The second kappa shape index (κ2) is 5.27. The molecular weight excluding hydrogens is 192 g/mol. The summed E-state index contributed by atoms with van der Waals surface area (Å²) in [5, 5.41) is 2.34. The first-order valence-corrected chi connectivity index (χ1v) is 3.47. The predicted octanol–water partition coefficient (Wildman–Crippen LogP) is 1.41. The van der Waals surface area contributed by atoms with E-state index in [9.17, 15) is 4.79 Å². The van der Waals surface area contributed by atoms with Gasteiger partial charge in [0.1, 0.15) is 5.75 Å². The van der Waals surface area contributed by atoms with Crippen molar-refractivity contribution in [2.75, 3.05) is 12.8 Å². The Morgan fingerprint density at radius 1 is 1.38 bits per heavy atom. The summed E-state index contributed by atoms with van der Waals surface area (Å²) in [6.07, 6.45) is -0.486. The monoisotopic (exact) mass is 202 g/mol.